The Balaban J connectivity index is 1.49. The molecule has 1 saturated carbocycles. The van der Waals surface area contributed by atoms with E-state index < -0.39 is 11.8 Å². The summed E-state index contributed by atoms with van der Waals surface area (Å²) in [5, 5.41) is 18.2. The Hall–Kier alpha value is -4.20. The Morgan fingerprint density at radius 2 is 0.820 bits per heavy atom. The van der Waals surface area contributed by atoms with Crippen LogP contribution >= 0.6 is 0 Å². The van der Waals surface area contributed by atoms with E-state index in [-0.39, 0.29) is 11.6 Å². The van der Waals surface area contributed by atoms with E-state index in [1.54, 1.807) is 0 Å². The summed E-state index contributed by atoms with van der Waals surface area (Å²) in [6, 6.07) is 12.2. The van der Waals surface area contributed by atoms with Gasteiger partial charge >= 0.3 is 0 Å². The summed E-state index contributed by atoms with van der Waals surface area (Å²) >= 11 is 0. The fraction of sp³-hybridized carbons (Fsp3) is 0.524. The minimum Gasteiger partial charge on any atom is -0.384 e. The van der Waals surface area contributed by atoms with E-state index in [9.17, 15) is 9.59 Å². The van der Waals surface area contributed by atoms with Crippen LogP contribution in [-0.2, 0) is 9.59 Å². The second kappa shape index (κ2) is 18.7. The van der Waals surface area contributed by atoms with E-state index in [0.29, 0.717) is 11.4 Å². The van der Waals surface area contributed by atoms with Crippen LogP contribution in [0.3, 0.4) is 0 Å². The number of benzene rings is 2. The van der Waals surface area contributed by atoms with Gasteiger partial charge in [-0.3, -0.25) is 19.6 Å². The molecule has 8 nitrogen and oxygen atoms in total. The van der Waals surface area contributed by atoms with Crippen molar-refractivity contribution in [3.8, 4) is 0 Å². The summed E-state index contributed by atoms with van der Waals surface area (Å²) in [5.41, 5.74) is 4.96. The summed E-state index contributed by atoms with van der Waals surface area (Å²) in [7, 11) is 0. The van der Waals surface area contributed by atoms with Gasteiger partial charge in [0.25, 0.3) is 0 Å². The zero-order valence-corrected chi connectivity index (χ0v) is 30.8. The molecule has 1 fully saturated rings. The molecule has 2 aromatic carbocycles. The molecule has 0 saturated heterocycles. The molecule has 0 amide bonds. The van der Waals surface area contributed by atoms with E-state index in [1.165, 1.54) is 0 Å². The number of aromatic nitrogens is 2. The van der Waals surface area contributed by atoms with Crippen LogP contribution in [0.5, 0.6) is 0 Å². The lowest BCUT2D eigenvalue weighted by Crippen LogP contribution is -2.45. The van der Waals surface area contributed by atoms with Gasteiger partial charge in [-0.1, -0.05) is 103 Å². The number of Topliss-reactive ketones (excluding diaryl/α,β-unsaturated/α-hetero) is 2. The van der Waals surface area contributed by atoms with Gasteiger partial charge in [0.05, 0.1) is 35.2 Å². The number of nitrogens with one attached hydrogen (secondary N) is 4. The highest BCUT2D eigenvalue weighted by Gasteiger charge is 2.53. The maximum atomic E-state index is 14.2. The van der Waals surface area contributed by atoms with Gasteiger partial charge in [-0.15, -0.1) is 0 Å². The number of nitrogens with zero attached hydrogens (tertiary/aromatic N) is 2. The molecule has 0 radical (unpaired) electrons. The zero-order chi connectivity index (χ0) is 35.3. The number of carbonyl (C=O) groups excluding carboxylic acids is 2. The van der Waals surface area contributed by atoms with Gasteiger partial charge in [-0.05, 0) is 37.8 Å². The lowest BCUT2D eigenvalue weighted by Gasteiger charge is -2.33. The van der Waals surface area contributed by atoms with Gasteiger partial charge in [-0.2, -0.15) is 0 Å². The number of ketones is 2. The molecule has 1 aliphatic rings. The molecule has 0 unspecified atom stereocenters. The number of pyridine rings is 2. The third-order valence-corrected chi connectivity index (χ3v) is 9.95. The van der Waals surface area contributed by atoms with Crippen molar-refractivity contribution in [1.82, 2.24) is 9.97 Å². The molecule has 8 heteroatoms. The lowest BCUT2D eigenvalue weighted by atomic mass is 9.67. The van der Waals surface area contributed by atoms with Crippen molar-refractivity contribution in [2.24, 2.45) is 0 Å². The third-order valence-electron chi connectivity index (χ3n) is 9.95. The molecule has 4 aromatic rings. The Morgan fingerprint density at radius 1 is 0.480 bits per heavy atom. The first kappa shape index (κ1) is 37.1. The van der Waals surface area contributed by atoms with E-state index in [1.807, 2.05) is 36.7 Å². The number of hydrogen-bond acceptors (Lipinski definition) is 8. The molecule has 50 heavy (non-hydrogen) atoms. The van der Waals surface area contributed by atoms with Crippen LogP contribution in [0.2, 0.25) is 0 Å². The van der Waals surface area contributed by atoms with E-state index in [2.05, 4.69) is 61.1 Å². The fourth-order valence-corrected chi connectivity index (χ4v) is 7.12. The highest BCUT2D eigenvalue weighted by Crippen LogP contribution is 2.46. The first-order valence-corrected chi connectivity index (χ1v) is 19.4. The highest BCUT2D eigenvalue weighted by atomic mass is 16.2. The number of fused-ring (bicyclic) bond motifs is 2. The van der Waals surface area contributed by atoms with Crippen molar-refractivity contribution in [1.29, 1.82) is 0 Å². The van der Waals surface area contributed by atoms with E-state index >= 15 is 0 Å². The predicted octanol–water partition coefficient (Wildman–Crippen LogP) is 10.2. The van der Waals surface area contributed by atoms with Gasteiger partial charge < -0.3 is 21.3 Å². The summed E-state index contributed by atoms with van der Waals surface area (Å²) in [4.78, 5) is 38.1. The second-order valence-corrected chi connectivity index (χ2v) is 13.8. The quantitative estimate of drug-likeness (QED) is 0.0481. The molecule has 1 aliphatic carbocycles. The van der Waals surface area contributed by atoms with Crippen LogP contribution in [0, 0.1) is 0 Å². The topological polar surface area (TPSA) is 108 Å². The van der Waals surface area contributed by atoms with Gasteiger partial charge in [0, 0.05) is 59.1 Å². The second-order valence-electron chi connectivity index (χ2n) is 13.8. The number of carbonyl (C=O) groups is 2. The summed E-state index contributed by atoms with van der Waals surface area (Å²) in [6.45, 7) is 12.2. The molecular formula is C42H58N6O2. The number of unbranched alkanes of at least 4 members (excludes halogenated alkanes) is 8. The molecule has 0 aliphatic heterocycles. The Labute approximate surface area is 299 Å². The van der Waals surface area contributed by atoms with Crippen molar-refractivity contribution in [2.45, 2.75) is 117 Å². The Kier molecular flexibility index (Phi) is 13.9. The minimum absolute atomic E-state index is 0.132. The maximum Gasteiger partial charge on any atom is 0.165 e. The zero-order valence-electron chi connectivity index (χ0n) is 30.8. The largest absolute Gasteiger partial charge is 0.384 e. The molecule has 0 spiro atoms. The lowest BCUT2D eigenvalue weighted by molar-refractivity contribution is -0.142. The van der Waals surface area contributed by atoms with Crippen LogP contribution in [-0.4, -0.2) is 47.7 Å². The first-order chi connectivity index (χ1) is 24.5. The Bertz CT molecular complexity index is 1560. The van der Waals surface area contributed by atoms with Crippen LogP contribution in [0.4, 0.5) is 22.7 Å². The van der Waals surface area contributed by atoms with Crippen LogP contribution in [0.25, 0.3) is 21.5 Å². The molecule has 0 bridgehead atoms. The smallest absolute Gasteiger partial charge is 0.165 e. The van der Waals surface area contributed by atoms with Gasteiger partial charge in [0.15, 0.2) is 11.6 Å². The summed E-state index contributed by atoms with van der Waals surface area (Å²) < 4.78 is 0. The highest BCUT2D eigenvalue weighted by molar-refractivity contribution is 6.33. The summed E-state index contributed by atoms with van der Waals surface area (Å²) in [5.74, 6) is -2.09. The van der Waals surface area contributed by atoms with Crippen molar-refractivity contribution in [3.05, 3.63) is 60.2 Å². The predicted molar refractivity (Wildman–Crippen MR) is 211 cm³/mol. The molecule has 5 rings (SSSR count). The van der Waals surface area contributed by atoms with Crippen LogP contribution in [0.1, 0.15) is 128 Å². The minimum atomic E-state index is -0.911. The normalized spacial score (nSPS) is 15.8. The van der Waals surface area contributed by atoms with Crippen molar-refractivity contribution in [3.63, 3.8) is 0 Å². The first-order valence-electron chi connectivity index (χ1n) is 19.4. The monoisotopic (exact) mass is 678 g/mol. The third kappa shape index (κ3) is 8.39. The fourth-order valence-electron chi connectivity index (χ4n) is 7.12. The Morgan fingerprint density at radius 3 is 1.16 bits per heavy atom. The molecule has 2 aromatic heterocycles. The average molecular weight is 679 g/mol. The number of rotatable bonds is 22. The standard InChI is InChI=1S/C42H58N6O2/c1-5-9-13-23-43-31-21-17-19-29-35(31)33(45-25-15-11-7-3)27-47-39(29)37-41(49)38(42(37)50)40-30-20-18-22-32(44-24-14-10-6-2)36(30)34(28-48-40)46-26-16-12-8-4/h17-22,27-28,37-38,43-46H,5-16,23-26H2,1-4H3. The number of anilines is 4. The van der Waals surface area contributed by atoms with Crippen LogP contribution < -0.4 is 21.3 Å². The average Bonchev–Trinajstić information content (AvgIpc) is 3.13. The molecule has 268 valence electrons. The van der Waals surface area contributed by atoms with Crippen molar-refractivity contribution in [2.75, 3.05) is 47.4 Å². The van der Waals surface area contributed by atoms with Crippen molar-refractivity contribution >= 4 is 55.9 Å². The van der Waals surface area contributed by atoms with E-state index in [4.69, 9.17) is 9.97 Å². The summed E-state index contributed by atoms with van der Waals surface area (Å²) in [6.07, 6.45) is 17.2. The molecule has 4 N–H and O–H groups in total. The van der Waals surface area contributed by atoms with Gasteiger partial charge in [0.1, 0.15) is 11.8 Å². The van der Waals surface area contributed by atoms with Crippen molar-refractivity contribution < 1.29 is 9.59 Å². The SMILES string of the molecule is CCCCCNc1cccc2c(C3C(=O)C(c4ncc(NCCCCC)c5c(NCCCCC)cccc45)C3=O)ncc(NCCCCC)c12. The van der Waals surface area contributed by atoms with Gasteiger partial charge in [0.2, 0.25) is 0 Å². The number of hydrogen-bond donors (Lipinski definition) is 4. The molecule has 2 heterocycles. The van der Waals surface area contributed by atoms with Crippen LogP contribution in [0.15, 0.2) is 48.8 Å². The van der Waals surface area contributed by atoms with E-state index in [0.717, 1.165) is 148 Å². The molecule has 0 atom stereocenters. The maximum absolute atomic E-state index is 14.2. The molecular weight excluding hydrogens is 621 g/mol. The van der Waals surface area contributed by atoms with Gasteiger partial charge in [-0.25, -0.2) is 0 Å².